The van der Waals surface area contributed by atoms with Crippen LogP contribution in [0.25, 0.3) is 11.4 Å². The fourth-order valence-electron chi connectivity index (χ4n) is 1.30. The molecule has 4 heteroatoms. The number of imidazole rings is 1. The molecule has 0 N–H and O–H groups in total. The molecule has 1 aromatic heterocycles. The Balaban J connectivity index is 2.58. The molecule has 2 rings (SSSR count). The number of nitrogens with zero attached hydrogens (tertiary/aromatic N) is 2. The molecular weight excluding hydrogens is 247 g/mol. The summed E-state index contributed by atoms with van der Waals surface area (Å²) in [5.74, 6) is 0.562. The van der Waals surface area contributed by atoms with Crippen LogP contribution in [0.1, 0.15) is 0 Å². The van der Waals surface area contributed by atoms with E-state index in [-0.39, 0.29) is 5.82 Å². The number of aryl methyl sites for hydroxylation is 1. The van der Waals surface area contributed by atoms with Gasteiger partial charge in [-0.1, -0.05) is 0 Å². The van der Waals surface area contributed by atoms with Crippen molar-refractivity contribution in [1.29, 1.82) is 0 Å². The number of hydrogen-bond donors (Lipinski definition) is 0. The van der Waals surface area contributed by atoms with Crippen molar-refractivity contribution in [3.8, 4) is 11.4 Å². The minimum atomic E-state index is -0.255. The molecule has 0 amide bonds. The Kier molecular flexibility index (Phi) is 2.37. The standard InChI is InChI=1S/C10H8BrFN2/c1-14-5-4-13-10(14)8-3-2-7(12)6-9(8)11/h2-6H,1H3. The predicted molar refractivity (Wildman–Crippen MR) is 56.3 cm³/mol. The number of hydrogen-bond acceptors (Lipinski definition) is 1. The fourth-order valence-corrected chi connectivity index (χ4v) is 1.82. The Morgan fingerprint density at radius 3 is 2.79 bits per heavy atom. The van der Waals surface area contributed by atoms with Crippen LogP contribution >= 0.6 is 15.9 Å². The van der Waals surface area contributed by atoms with Crippen LogP contribution in [0, 0.1) is 5.82 Å². The number of benzene rings is 1. The lowest BCUT2D eigenvalue weighted by molar-refractivity contribution is 0.627. The predicted octanol–water partition coefficient (Wildman–Crippen LogP) is 2.99. The third-order valence-corrected chi connectivity index (χ3v) is 2.65. The first kappa shape index (κ1) is 9.40. The van der Waals surface area contributed by atoms with Gasteiger partial charge in [-0.3, -0.25) is 0 Å². The van der Waals surface area contributed by atoms with Crippen LogP contribution in [0.4, 0.5) is 4.39 Å². The topological polar surface area (TPSA) is 17.8 Å². The minimum absolute atomic E-state index is 0.255. The van der Waals surface area contributed by atoms with E-state index in [1.807, 2.05) is 17.8 Å². The molecule has 0 saturated heterocycles. The van der Waals surface area contributed by atoms with E-state index in [0.29, 0.717) is 4.47 Å². The SMILES string of the molecule is Cn1ccnc1-c1ccc(F)cc1Br. The Hall–Kier alpha value is -1.16. The lowest BCUT2D eigenvalue weighted by Crippen LogP contribution is -1.92. The Morgan fingerprint density at radius 1 is 1.43 bits per heavy atom. The highest BCUT2D eigenvalue weighted by Gasteiger charge is 2.07. The fraction of sp³-hybridized carbons (Fsp3) is 0.100. The van der Waals surface area contributed by atoms with Crippen molar-refractivity contribution >= 4 is 15.9 Å². The van der Waals surface area contributed by atoms with Crippen LogP contribution in [0.15, 0.2) is 35.1 Å². The molecule has 72 valence electrons. The van der Waals surface area contributed by atoms with Crippen LogP contribution < -0.4 is 0 Å². The van der Waals surface area contributed by atoms with Crippen LogP contribution in [0.3, 0.4) is 0 Å². The maximum absolute atomic E-state index is 12.8. The Bertz CT molecular complexity index is 465. The van der Waals surface area contributed by atoms with Crippen LogP contribution in [0.5, 0.6) is 0 Å². The first-order valence-corrected chi connectivity index (χ1v) is 4.90. The van der Waals surface area contributed by atoms with Crippen molar-refractivity contribution < 1.29 is 4.39 Å². The highest BCUT2D eigenvalue weighted by molar-refractivity contribution is 9.10. The largest absolute Gasteiger partial charge is 0.334 e. The third-order valence-electron chi connectivity index (χ3n) is 1.99. The average molecular weight is 255 g/mol. The van der Waals surface area contributed by atoms with Gasteiger partial charge in [0.1, 0.15) is 11.6 Å². The maximum Gasteiger partial charge on any atom is 0.140 e. The van der Waals surface area contributed by atoms with E-state index in [4.69, 9.17) is 0 Å². The van der Waals surface area contributed by atoms with Gasteiger partial charge in [-0.15, -0.1) is 0 Å². The average Bonchev–Trinajstić information content (AvgIpc) is 2.52. The molecule has 0 bridgehead atoms. The zero-order chi connectivity index (χ0) is 10.1. The second kappa shape index (κ2) is 3.53. The molecule has 2 aromatic rings. The molecule has 0 saturated carbocycles. The van der Waals surface area contributed by atoms with Gasteiger partial charge < -0.3 is 4.57 Å². The summed E-state index contributed by atoms with van der Waals surface area (Å²) in [4.78, 5) is 4.19. The first-order chi connectivity index (χ1) is 6.68. The van der Waals surface area contributed by atoms with Gasteiger partial charge in [-0.2, -0.15) is 0 Å². The second-order valence-corrected chi connectivity index (χ2v) is 3.84. The van der Waals surface area contributed by atoms with Gasteiger partial charge in [-0.25, -0.2) is 9.37 Å². The molecule has 0 aliphatic heterocycles. The van der Waals surface area contributed by atoms with Gasteiger partial charge in [0.25, 0.3) is 0 Å². The summed E-state index contributed by atoms with van der Waals surface area (Å²) >= 11 is 3.31. The molecule has 14 heavy (non-hydrogen) atoms. The summed E-state index contributed by atoms with van der Waals surface area (Å²) in [5.41, 5.74) is 0.888. The third kappa shape index (κ3) is 1.57. The summed E-state index contributed by atoms with van der Waals surface area (Å²) in [6.07, 6.45) is 3.57. The monoisotopic (exact) mass is 254 g/mol. The molecule has 0 fully saturated rings. The lowest BCUT2D eigenvalue weighted by atomic mass is 10.2. The van der Waals surface area contributed by atoms with Crippen LogP contribution in [0.2, 0.25) is 0 Å². The van der Waals surface area contributed by atoms with Crippen molar-refractivity contribution in [2.45, 2.75) is 0 Å². The maximum atomic E-state index is 12.8. The highest BCUT2D eigenvalue weighted by atomic mass is 79.9. The van der Waals surface area contributed by atoms with Gasteiger partial charge in [0.2, 0.25) is 0 Å². The lowest BCUT2D eigenvalue weighted by Gasteiger charge is -2.04. The summed E-state index contributed by atoms with van der Waals surface area (Å²) in [6, 6.07) is 4.57. The normalized spacial score (nSPS) is 10.5. The number of halogens is 2. The Morgan fingerprint density at radius 2 is 2.21 bits per heavy atom. The molecule has 0 aliphatic carbocycles. The molecule has 1 heterocycles. The quantitative estimate of drug-likeness (QED) is 0.765. The summed E-state index contributed by atoms with van der Waals surface area (Å²) < 4.78 is 15.4. The van der Waals surface area contributed by atoms with Gasteiger partial charge in [0.05, 0.1) is 0 Å². The second-order valence-electron chi connectivity index (χ2n) is 2.99. The zero-order valence-electron chi connectivity index (χ0n) is 7.54. The van der Waals surface area contributed by atoms with Gasteiger partial charge in [-0.05, 0) is 34.1 Å². The van der Waals surface area contributed by atoms with Gasteiger partial charge in [0.15, 0.2) is 0 Å². The number of rotatable bonds is 1. The zero-order valence-corrected chi connectivity index (χ0v) is 9.12. The molecule has 0 spiro atoms. The Labute approximate surface area is 89.5 Å². The van der Waals surface area contributed by atoms with Crippen molar-refractivity contribution in [3.63, 3.8) is 0 Å². The van der Waals surface area contributed by atoms with E-state index >= 15 is 0 Å². The molecule has 1 aromatic carbocycles. The molecular formula is C10H8BrFN2. The van der Waals surface area contributed by atoms with Crippen LogP contribution in [-0.4, -0.2) is 9.55 Å². The van der Waals surface area contributed by atoms with Crippen molar-refractivity contribution in [2.75, 3.05) is 0 Å². The van der Waals surface area contributed by atoms with Crippen molar-refractivity contribution in [2.24, 2.45) is 7.05 Å². The van der Waals surface area contributed by atoms with Crippen molar-refractivity contribution in [1.82, 2.24) is 9.55 Å². The summed E-state index contributed by atoms with van der Waals surface area (Å²) in [7, 11) is 1.90. The smallest absolute Gasteiger partial charge is 0.140 e. The van der Waals surface area contributed by atoms with E-state index in [2.05, 4.69) is 20.9 Å². The van der Waals surface area contributed by atoms with E-state index in [0.717, 1.165) is 11.4 Å². The van der Waals surface area contributed by atoms with E-state index in [9.17, 15) is 4.39 Å². The van der Waals surface area contributed by atoms with E-state index in [1.54, 1.807) is 12.3 Å². The molecule has 0 radical (unpaired) electrons. The van der Waals surface area contributed by atoms with E-state index < -0.39 is 0 Å². The molecule has 0 aliphatic rings. The summed E-state index contributed by atoms with van der Waals surface area (Å²) in [6.45, 7) is 0. The number of aromatic nitrogens is 2. The molecule has 0 atom stereocenters. The van der Waals surface area contributed by atoms with Gasteiger partial charge in [0, 0.05) is 29.5 Å². The van der Waals surface area contributed by atoms with Gasteiger partial charge >= 0.3 is 0 Å². The van der Waals surface area contributed by atoms with Crippen molar-refractivity contribution in [3.05, 3.63) is 40.9 Å². The first-order valence-electron chi connectivity index (χ1n) is 4.11. The summed E-state index contributed by atoms with van der Waals surface area (Å²) in [5, 5.41) is 0. The highest BCUT2D eigenvalue weighted by Crippen LogP contribution is 2.26. The molecule has 2 nitrogen and oxygen atoms in total. The minimum Gasteiger partial charge on any atom is -0.334 e. The van der Waals surface area contributed by atoms with Crippen LogP contribution in [-0.2, 0) is 7.05 Å². The van der Waals surface area contributed by atoms with E-state index in [1.165, 1.54) is 12.1 Å². The molecule has 0 unspecified atom stereocenters.